The fraction of sp³-hybridized carbons (Fsp3) is 0.250. The van der Waals surface area contributed by atoms with Gasteiger partial charge in [-0.15, -0.1) is 0 Å². The third-order valence-electron chi connectivity index (χ3n) is 2.94. The molecule has 0 amide bonds. The minimum absolute atomic E-state index is 0.140. The molecule has 1 aliphatic rings. The van der Waals surface area contributed by atoms with Gasteiger partial charge in [-0.2, -0.15) is 4.37 Å². The van der Waals surface area contributed by atoms with E-state index >= 15 is 0 Å². The van der Waals surface area contributed by atoms with Gasteiger partial charge in [-0.25, -0.2) is 4.39 Å². The summed E-state index contributed by atoms with van der Waals surface area (Å²) in [5, 5.41) is 0. The molecule has 0 radical (unpaired) electrons. The van der Waals surface area contributed by atoms with E-state index in [1.807, 2.05) is 13.0 Å². The number of hydrogen-bond acceptors (Lipinski definition) is 2. The second-order valence-electron chi connectivity index (χ2n) is 3.88. The Balaban J connectivity index is 2.26. The van der Waals surface area contributed by atoms with Gasteiger partial charge in [0.25, 0.3) is 0 Å². The Labute approximate surface area is 91.7 Å². The smallest absolute Gasteiger partial charge is 0.123 e. The maximum atomic E-state index is 13.1. The van der Waals surface area contributed by atoms with Crippen molar-refractivity contribution in [3.05, 3.63) is 40.8 Å². The van der Waals surface area contributed by atoms with Crippen LogP contribution in [0.25, 0.3) is 10.4 Å². The van der Waals surface area contributed by atoms with Crippen molar-refractivity contribution in [2.24, 2.45) is 0 Å². The van der Waals surface area contributed by atoms with Crippen LogP contribution in [0.1, 0.15) is 16.8 Å². The van der Waals surface area contributed by atoms with Crippen LogP contribution in [-0.2, 0) is 12.8 Å². The molecule has 1 nitrogen and oxygen atoms in total. The Morgan fingerprint density at radius 3 is 3.07 bits per heavy atom. The average Bonchev–Trinajstić information content (AvgIpc) is 2.60. The molecule has 0 aliphatic heterocycles. The molecule has 1 aromatic heterocycles. The van der Waals surface area contributed by atoms with Crippen molar-refractivity contribution in [1.29, 1.82) is 0 Å². The van der Waals surface area contributed by atoms with Crippen LogP contribution in [0.4, 0.5) is 4.39 Å². The minimum Gasteiger partial charge on any atom is -0.207 e. The van der Waals surface area contributed by atoms with E-state index in [0.29, 0.717) is 0 Å². The summed E-state index contributed by atoms with van der Waals surface area (Å²) in [7, 11) is 0. The predicted octanol–water partition coefficient (Wildman–Crippen LogP) is 3.36. The topological polar surface area (TPSA) is 12.9 Å². The summed E-state index contributed by atoms with van der Waals surface area (Å²) < 4.78 is 17.4. The SMILES string of the molecule is Cc1nsc2c1CCc1cc(F)ccc1-2. The molecular weight excluding hydrogens is 209 g/mol. The van der Waals surface area contributed by atoms with Gasteiger partial charge >= 0.3 is 0 Å². The number of halogens is 1. The van der Waals surface area contributed by atoms with Gasteiger partial charge in [0, 0.05) is 0 Å². The molecule has 3 heteroatoms. The average molecular weight is 219 g/mol. The summed E-state index contributed by atoms with van der Waals surface area (Å²) in [6.07, 6.45) is 1.92. The zero-order chi connectivity index (χ0) is 10.4. The summed E-state index contributed by atoms with van der Waals surface area (Å²) in [5.41, 5.74) is 4.76. The first-order valence-corrected chi connectivity index (χ1v) is 5.77. The lowest BCUT2D eigenvalue weighted by Crippen LogP contribution is -2.02. The number of benzene rings is 1. The first-order valence-electron chi connectivity index (χ1n) is 4.99. The molecule has 1 aliphatic carbocycles. The van der Waals surface area contributed by atoms with Crippen molar-refractivity contribution in [1.82, 2.24) is 4.37 Å². The second kappa shape index (κ2) is 3.14. The monoisotopic (exact) mass is 219 g/mol. The number of aryl methyl sites for hydroxylation is 2. The highest BCUT2D eigenvalue weighted by molar-refractivity contribution is 7.09. The van der Waals surface area contributed by atoms with Crippen molar-refractivity contribution in [3.63, 3.8) is 0 Å². The third-order valence-corrected chi connectivity index (χ3v) is 3.95. The van der Waals surface area contributed by atoms with Crippen LogP contribution in [0.3, 0.4) is 0 Å². The van der Waals surface area contributed by atoms with Crippen LogP contribution in [-0.4, -0.2) is 4.37 Å². The summed E-state index contributed by atoms with van der Waals surface area (Å²) in [5.74, 6) is -0.140. The van der Waals surface area contributed by atoms with E-state index in [2.05, 4.69) is 4.37 Å². The molecule has 0 N–H and O–H groups in total. The Kier molecular flexibility index (Phi) is 1.89. The van der Waals surface area contributed by atoms with Crippen molar-refractivity contribution in [3.8, 4) is 10.4 Å². The van der Waals surface area contributed by atoms with Gasteiger partial charge in [0.2, 0.25) is 0 Å². The Hall–Kier alpha value is -1.22. The summed E-state index contributed by atoms with van der Waals surface area (Å²) in [6.45, 7) is 2.05. The van der Waals surface area contributed by atoms with Gasteiger partial charge in [0.1, 0.15) is 5.82 Å². The number of rotatable bonds is 0. The summed E-state index contributed by atoms with van der Waals surface area (Å²) in [6, 6.07) is 5.05. The molecule has 0 saturated heterocycles. The largest absolute Gasteiger partial charge is 0.207 e. The molecule has 3 rings (SSSR count). The Morgan fingerprint density at radius 1 is 1.33 bits per heavy atom. The highest BCUT2D eigenvalue weighted by atomic mass is 32.1. The quantitative estimate of drug-likeness (QED) is 0.662. The standard InChI is InChI=1S/C12H10FNS/c1-7-10-4-2-8-6-9(13)3-5-11(8)12(10)15-14-7/h3,5-6H,2,4H2,1H3. The van der Waals surface area contributed by atoms with Crippen LogP contribution < -0.4 is 0 Å². The number of hydrogen-bond donors (Lipinski definition) is 0. The van der Waals surface area contributed by atoms with Crippen LogP contribution in [0.5, 0.6) is 0 Å². The van der Waals surface area contributed by atoms with E-state index in [-0.39, 0.29) is 5.82 Å². The van der Waals surface area contributed by atoms with E-state index in [9.17, 15) is 4.39 Å². The lowest BCUT2D eigenvalue weighted by atomic mass is 9.90. The molecule has 0 unspecified atom stereocenters. The highest BCUT2D eigenvalue weighted by Gasteiger charge is 2.20. The fourth-order valence-electron chi connectivity index (χ4n) is 2.15. The highest BCUT2D eigenvalue weighted by Crippen LogP contribution is 2.37. The lowest BCUT2D eigenvalue weighted by Gasteiger charge is -2.15. The number of nitrogens with zero attached hydrogens (tertiary/aromatic N) is 1. The fourth-order valence-corrected chi connectivity index (χ4v) is 3.14. The summed E-state index contributed by atoms with van der Waals surface area (Å²) in [4.78, 5) is 1.23. The van der Waals surface area contributed by atoms with E-state index in [0.717, 1.165) is 24.1 Å². The predicted molar refractivity (Wildman–Crippen MR) is 59.7 cm³/mol. The maximum absolute atomic E-state index is 13.1. The Morgan fingerprint density at radius 2 is 2.20 bits per heavy atom. The van der Waals surface area contributed by atoms with Crippen molar-refractivity contribution >= 4 is 11.5 Å². The molecule has 0 bridgehead atoms. The minimum atomic E-state index is -0.140. The van der Waals surface area contributed by atoms with Gasteiger partial charge in [0.15, 0.2) is 0 Å². The van der Waals surface area contributed by atoms with E-state index in [1.165, 1.54) is 33.6 Å². The second-order valence-corrected chi connectivity index (χ2v) is 4.65. The molecule has 76 valence electrons. The van der Waals surface area contributed by atoms with Gasteiger partial charge in [-0.05, 0) is 60.1 Å². The first kappa shape index (κ1) is 9.04. The van der Waals surface area contributed by atoms with Gasteiger partial charge in [-0.1, -0.05) is 6.07 Å². The van der Waals surface area contributed by atoms with E-state index < -0.39 is 0 Å². The first-order chi connectivity index (χ1) is 7.25. The Bertz CT molecular complexity index is 530. The van der Waals surface area contributed by atoms with Crippen LogP contribution in [0.15, 0.2) is 18.2 Å². The number of fused-ring (bicyclic) bond motifs is 3. The molecule has 1 aromatic carbocycles. The van der Waals surface area contributed by atoms with Crippen molar-refractivity contribution in [2.45, 2.75) is 19.8 Å². The molecule has 0 fully saturated rings. The van der Waals surface area contributed by atoms with Gasteiger partial charge in [0.05, 0.1) is 10.6 Å². The normalized spacial score (nSPS) is 13.5. The van der Waals surface area contributed by atoms with Crippen molar-refractivity contribution < 1.29 is 4.39 Å². The molecule has 0 atom stereocenters. The van der Waals surface area contributed by atoms with Gasteiger partial charge in [-0.3, -0.25) is 0 Å². The molecule has 0 spiro atoms. The van der Waals surface area contributed by atoms with E-state index in [4.69, 9.17) is 0 Å². The lowest BCUT2D eigenvalue weighted by molar-refractivity contribution is 0.625. The van der Waals surface area contributed by atoms with Crippen LogP contribution >= 0.6 is 11.5 Å². The van der Waals surface area contributed by atoms with Gasteiger partial charge < -0.3 is 0 Å². The molecule has 2 aromatic rings. The number of aromatic nitrogens is 1. The van der Waals surface area contributed by atoms with Crippen molar-refractivity contribution in [2.75, 3.05) is 0 Å². The molecule has 0 saturated carbocycles. The molecular formula is C12H10FNS. The summed E-state index contributed by atoms with van der Waals surface area (Å²) >= 11 is 1.53. The zero-order valence-corrected chi connectivity index (χ0v) is 9.20. The van der Waals surface area contributed by atoms with E-state index in [1.54, 1.807) is 6.07 Å². The molecule has 15 heavy (non-hydrogen) atoms. The maximum Gasteiger partial charge on any atom is 0.123 e. The third kappa shape index (κ3) is 1.30. The molecule has 1 heterocycles. The van der Waals surface area contributed by atoms with Crippen LogP contribution in [0.2, 0.25) is 0 Å². The zero-order valence-electron chi connectivity index (χ0n) is 8.38. The van der Waals surface area contributed by atoms with Crippen LogP contribution in [0, 0.1) is 12.7 Å².